The highest BCUT2D eigenvalue weighted by molar-refractivity contribution is 7.22. The van der Waals surface area contributed by atoms with E-state index in [1.165, 1.54) is 11.0 Å². The van der Waals surface area contributed by atoms with Crippen molar-refractivity contribution in [3.8, 4) is 0 Å². The molecule has 4 rings (SSSR count). The van der Waals surface area contributed by atoms with E-state index in [-0.39, 0.29) is 18.2 Å². The Morgan fingerprint density at radius 1 is 1.10 bits per heavy atom. The molecule has 1 atom stereocenters. The normalized spacial score (nSPS) is 12.8. The number of thiazole rings is 1. The number of hydrogen-bond acceptors (Lipinski definition) is 7. The molecule has 4 aromatic rings. The van der Waals surface area contributed by atoms with Gasteiger partial charge in [-0.05, 0) is 75.3 Å². The number of aryl methyl sites for hydroxylation is 1. The predicted octanol–water partition coefficient (Wildman–Crippen LogP) is 4.95. The molecule has 40 heavy (non-hydrogen) atoms. The first-order chi connectivity index (χ1) is 18.7. The van der Waals surface area contributed by atoms with E-state index >= 15 is 0 Å². The minimum absolute atomic E-state index is 0.0535. The third-order valence-electron chi connectivity index (χ3n) is 6.77. The lowest BCUT2D eigenvalue weighted by molar-refractivity contribution is -0.137. The Balaban J connectivity index is 1.72. The molecule has 0 aliphatic rings. The molecule has 3 N–H and O–H groups in total. The molecular formula is C27H32F3N7O2S. The quantitative estimate of drug-likeness (QED) is 0.277. The number of carbonyl (C=O) groups is 2. The summed E-state index contributed by atoms with van der Waals surface area (Å²) in [6.45, 7) is 0.827. The maximum Gasteiger partial charge on any atom is 0.416 e. The maximum absolute atomic E-state index is 13.1. The molecule has 1 unspecified atom stereocenters. The summed E-state index contributed by atoms with van der Waals surface area (Å²) < 4.78 is 41.6. The number of fused-ring (bicyclic) bond motifs is 2. The molecule has 214 valence electrons. The summed E-state index contributed by atoms with van der Waals surface area (Å²) in [6.07, 6.45) is -2.72. The number of alkyl halides is 3. The number of rotatable bonds is 10. The highest BCUT2D eigenvalue weighted by Gasteiger charge is 2.31. The molecule has 2 amide bonds. The Morgan fingerprint density at radius 3 is 2.45 bits per heavy atom. The first-order valence-corrected chi connectivity index (χ1v) is 13.5. The molecule has 0 aliphatic heterocycles. The smallest absolute Gasteiger partial charge is 0.366 e. The molecule has 0 bridgehead atoms. The van der Waals surface area contributed by atoms with Crippen molar-refractivity contribution in [2.45, 2.75) is 31.4 Å². The lowest BCUT2D eigenvalue weighted by atomic mass is 9.86. The first-order valence-electron chi connectivity index (χ1n) is 12.6. The van der Waals surface area contributed by atoms with Gasteiger partial charge in [-0.1, -0.05) is 11.3 Å². The van der Waals surface area contributed by atoms with E-state index < -0.39 is 17.6 Å². The molecule has 2 heterocycles. The fourth-order valence-electron chi connectivity index (χ4n) is 4.58. The molecule has 0 saturated heterocycles. The zero-order chi connectivity index (χ0) is 29.4. The van der Waals surface area contributed by atoms with Crippen LogP contribution < -0.4 is 11.1 Å². The molecule has 0 aliphatic carbocycles. The molecule has 9 nitrogen and oxygen atoms in total. The van der Waals surface area contributed by atoms with Gasteiger partial charge in [-0.2, -0.15) is 13.2 Å². The van der Waals surface area contributed by atoms with Gasteiger partial charge in [-0.3, -0.25) is 9.59 Å². The van der Waals surface area contributed by atoms with Crippen molar-refractivity contribution in [1.29, 1.82) is 0 Å². The average Bonchev–Trinajstić information content (AvgIpc) is 3.41. The average molecular weight is 576 g/mol. The van der Waals surface area contributed by atoms with Crippen molar-refractivity contribution in [3.63, 3.8) is 0 Å². The summed E-state index contributed by atoms with van der Waals surface area (Å²) >= 11 is 1.08. The lowest BCUT2D eigenvalue weighted by Crippen LogP contribution is -2.25. The van der Waals surface area contributed by atoms with Crippen LogP contribution >= 0.6 is 11.3 Å². The van der Waals surface area contributed by atoms with Crippen LogP contribution in [0.1, 0.15) is 46.7 Å². The van der Waals surface area contributed by atoms with Crippen molar-refractivity contribution in [2.75, 3.05) is 40.1 Å². The highest BCUT2D eigenvalue weighted by Crippen LogP contribution is 2.36. The number of anilines is 2. The van der Waals surface area contributed by atoms with Gasteiger partial charge in [0.2, 0.25) is 17.8 Å². The highest BCUT2D eigenvalue weighted by atomic mass is 32.1. The zero-order valence-corrected chi connectivity index (χ0v) is 23.8. The van der Waals surface area contributed by atoms with Crippen LogP contribution in [0.15, 0.2) is 30.3 Å². The van der Waals surface area contributed by atoms with Crippen LogP contribution in [0.2, 0.25) is 0 Å². The van der Waals surface area contributed by atoms with Crippen LogP contribution in [0, 0.1) is 0 Å². The third-order valence-corrected chi connectivity index (χ3v) is 7.70. The van der Waals surface area contributed by atoms with Gasteiger partial charge in [-0.15, -0.1) is 0 Å². The summed E-state index contributed by atoms with van der Waals surface area (Å²) in [5.41, 5.74) is 7.68. The van der Waals surface area contributed by atoms with E-state index in [1.807, 2.05) is 20.2 Å². The van der Waals surface area contributed by atoms with E-state index in [1.54, 1.807) is 31.8 Å². The van der Waals surface area contributed by atoms with Crippen LogP contribution in [-0.2, 0) is 18.0 Å². The van der Waals surface area contributed by atoms with Gasteiger partial charge in [0.05, 0.1) is 26.8 Å². The largest absolute Gasteiger partial charge is 0.416 e. The summed E-state index contributed by atoms with van der Waals surface area (Å²) in [7, 11) is 9.13. The molecule has 0 fully saturated rings. The van der Waals surface area contributed by atoms with Gasteiger partial charge in [0.25, 0.3) is 0 Å². The maximum atomic E-state index is 13.1. The minimum Gasteiger partial charge on any atom is -0.366 e. The Morgan fingerprint density at radius 2 is 1.82 bits per heavy atom. The number of imidazole rings is 1. The number of halogens is 3. The number of nitrogens with zero attached hydrogens (tertiary/aromatic N) is 5. The minimum atomic E-state index is -4.44. The molecule has 13 heteroatoms. The monoisotopic (exact) mass is 575 g/mol. The van der Waals surface area contributed by atoms with Gasteiger partial charge in [-0.25, -0.2) is 9.97 Å². The van der Waals surface area contributed by atoms with Crippen molar-refractivity contribution in [1.82, 2.24) is 24.3 Å². The number of nitrogens with two attached hydrogens (primary N) is 1. The van der Waals surface area contributed by atoms with E-state index in [9.17, 15) is 22.8 Å². The van der Waals surface area contributed by atoms with Crippen LogP contribution in [-0.4, -0.2) is 70.9 Å². The molecule has 0 spiro atoms. The van der Waals surface area contributed by atoms with Gasteiger partial charge >= 0.3 is 6.18 Å². The number of amides is 2. The number of benzene rings is 2. The fourth-order valence-corrected chi connectivity index (χ4v) is 5.48. The van der Waals surface area contributed by atoms with Gasteiger partial charge in [0.15, 0.2) is 5.13 Å². The third kappa shape index (κ3) is 6.36. The van der Waals surface area contributed by atoms with E-state index in [0.29, 0.717) is 49.9 Å². The van der Waals surface area contributed by atoms with Gasteiger partial charge in [0.1, 0.15) is 0 Å². The molecular weight excluding hydrogens is 543 g/mol. The number of hydrogen-bond donors (Lipinski definition) is 2. The molecule has 2 aromatic heterocycles. The van der Waals surface area contributed by atoms with Crippen molar-refractivity contribution >= 4 is 55.5 Å². The number of carbonyl (C=O) groups excluding carboxylic acids is 2. The SMILES string of the molecule is CN(C)CCCC(CC(=O)N(C)C)c1cc2c(cc1C(N)=O)nc(Nc1nc3ccc(C(F)(F)F)cc3s1)n2C. The lowest BCUT2D eigenvalue weighted by Gasteiger charge is -2.22. The second-order valence-corrected chi connectivity index (χ2v) is 11.3. The Labute approximate surface area is 233 Å². The van der Waals surface area contributed by atoms with Crippen LogP contribution in [0.5, 0.6) is 0 Å². The Kier molecular flexibility index (Phi) is 8.36. The summed E-state index contributed by atoms with van der Waals surface area (Å²) in [5, 5.41) is 3.47. The number of primary amides is 1. The van der Waals surface area contributed by atoms with E-state index in [2.05, 4.69) is 20.2 Å². The second kappa shape index (κ2) is 11.4. The fraction of sp³-hybridized carbons (Fsp3) is 0.407. The molecule has 2 aromatic carbocycles. The van der Waals surface area contributed by atoms with Gasteiger partial charge < -0.3 is 25.4 Å². The van der Waals surface area contributed by atoms with Crippen LogP contribution in [0.3, 0.4) is 0 Å². The molecule has 0 saturated carbocycles. The van der Waals surface area contributed by atoms with Crippen molar-refractivity contribution < 1.29 is 22.8 Å². The van der Waals surface area contributed by atoms with Crippen LogP contribution in [0.4, 0.5) is 24.3 Å². The second-order valence-electron chi connectivity index (χ2n) is 10.2. The predicted molar refractivity (Wildman–Crippen MR) is 151 cm³/mol. The van der Waals surface area contributed by atoms with Crippen LogP contribution in [0.25, 0.3) is 21.3 Å². The van der Waals surface area contributed by atoms with E-state index in [0.717, 1.165) is 36.4 Å². The van der Waals surface area contributed by atoms with E-state index in [4.69, 9.17) is 5.73 Å². The zero-order valence-electron chi connectivity index (χ0n) is 23.0. The van der Waals surface area contributed by atoms with Crippen molar-refractivity contribution in [2.24, 2.45) is 12.8 Å². The Bertz CT molecular complexity index is 1560. The first kappa shape index (κ1) is 29.3. The summed E-state index contributed by atoms with van der Waals surface area (Å²) in [4.78, 5) is 37.8. The topological polar surface area (TPSA) is 109 Å². The van der Waals surface area contributed by atoms with Crippen molar-refractivity contribution in [3.05, 3.63) is 47.0 Å². The Hall–Kier alpha value is -3.71. The molecule has 0 radical (unpaired) electrons. The standard InChI is InChI=1S/C27H32F3N7O2S/c1-35(2)10-6-7-15(11-23(38)36(3)4)17-14-21-20(13-18(17)24(31)39)32-25(37(21)5)34-26-33-19-9-8-16(27(28,29)30)12-22(19)40-26/h8-9,12-15H,6-7,10-11H2,1-5H3,(H2,31,39)(H,32,33,34). The number of aromatic nitrogens is 3. The summed E-state index contributed by atoms with van der Waals surface area (Å²) in [6, 6.07) is 6.90. The number of nitrogens with one attached hydrogen (secondary N) is 1. The summed E-state index contributed by atoms with van der Waals surface area (Å²) in [5.74, 6) is -0.507. The van der Waals surface area contributed by atoms with Gasteiger partial charge in [0, 0.05) is 33.1 Å².